The minimum atomic E-state index is 0. The number of nitrogens with zero attached hydrogens (tertiary/aromatic N) is 2. The molecule has 5 nitrogen and oxygen atoms in total. The van der Waals surface area contributed by atoms with E-state index in [1.807, 2.05) is 30.5 Å². The lowest BCUT2D eigenvalue weighted by Gasteiger charge is -2.13. The van der Waals surface area contributed by atoms with Crippen molar-refractivity contribution in [3.05, 3.63) is 72.1 Å². The van der Waals surface area contributed by atoms with E-state index in [0.29, 0.717) is 13.2 Å². The van der Waals surface area contributed by atoms with Gasteiger partial charge < -0.3 is 15.4 Å². The van der Waals surface area contributed by atoms with Crippen LogP contribution in [0.3, 0.4) is 0 Å². The molecule has 148 valence electrons. The van der Waals surface area contributed by atoms with Crippen molar-refractivity contribution in [3.8, 4) is 5.75 Å². The lowest BCUT2D eigenvalue weighted by Crippen LogP contribution is -2.38. The van der Waals surface area contributed by atoms with E-state index in [0.717, 1.165) is 30.4 Å². The zero-order valence-electron chi connectivity index (χ0n) is 16.3. The SMILES string of the molecule is CN=C(NCCCOc1ccc2ccccc2c1)NCc1ncccc1C.I. The van der Waals surface area contributed by atoms with Crippen LogP contribution in [0.25, 0.3) is 10.8 Å². The van der Waals surface area contributed by atoms with Crippen LogP contribution < -0.4 is 15.4 Å². The van der Waals surface area contributed by atoms with Gasteiger partial charge in [-0.3, -0.25) is 9.98 Å². The molecule has 3 aromatic rings. The fourth-order valence-electron chi connectivity index (χ4n) is 2.82. The molecule has 0 spiro atoms. The van der Waals surface area contributed by atoms with Gasteiger partial charge in [0.15, 0.2) is 5.96 Å². The van der Waals surface area contributed by atoms with Gasteiger partial charge >= 0.3 is 0 Å². The zero-order valence-corrected chi connectivity index (χ0v) is 18.6. The highest BCUT2D eigenvalue weighted by Crippen LogP contribution is 2.20. The molecule has 1 heterocycles. The Morgan fingerprint density at radius 2 is 1.86 bits per heavy atom. The van der Waals surface area contributed by atoms with Crippen LogP contribution >= 0.6 is 24.0 Å². The maximum atomic E-state index is 5.86. The van der Waals surface area contributed by atoms with E-state index >= 15 is 0 Å². The molecule has 1 aromatic heterocycles. The van der Waals surface area contributed by atoms with Gasteiger partial charge in [0.05, 0.1) is 18.8 Å². The van der Waals surface area contributed by atoms with E-state index in [1.165, 1.54) is 16.3 Å². The molecule has 0 fully saturated rings. The number of guanidine groups is 1. The number of hydrogen-bond donors (Lipinski definition) is 2. The Morgan fingerprint density at radius 3 is 2.64 bits per heavy atom. The molecule has 6 heteroatoms. The normalized spacial score (nSPS) is 11.0. The average Bonchev–Trinajstić information content (AvgIpc) is 2.71. The first-order valence-electron chi connectivity index (χ1n) is 9.23. The number of benzene rings is 2. The number of aryl methyl sites for hydroxylation is 1. The quantitative estimate of drug-likeness (QED) is 0.225. The summed E-state index contributed by atoms with van der Waals surface area (Å²) in [5.74, 6) is 1.67. The van der Waals surface area contributed by atoms with Crippen molar-refractivity contribution < 1.29 is 4.74 Å². The van der Waals surface area contributed by atoms with Crippen molar-refractivity contribution >= 4 is 40.7 Å². The van der Waals surface area contributed by atoms with Crippen LogP contribution in [0.4, 0.5) is 0 Å². The third-order valence-electron chi connectivity index (χ3n) is 4.37. The first kappa shape index (κ1) is 21.9. The standard InChI is InChI=1S/C22H26N4O.HI/c1-17-7-5-12-24-21(17)16-26-22(23-2)25-13-6-14-27-20-11-10-18-8-3-4-9-19(18)15-20;/h3-5,7-12,15H,6,13-14,16H2,1-2H3,(H2,23,25,26);1H. The molecular formula is C22H27IN4O. The second kappa shape index (κ2) is 11.5. The minimum Gasteiger partial charge on any atom is -0.494 e. The van der Waals surface area contributed by atoms with Gasteiger partial charge in [0.25, 0.3) is 0 Å². The summed E-state index contributed by atoms with van der Waals surface area (Å²) in [4.78, 5) is 8.63. The molecule has 0 radical (unpaired) electrons. The van der Waals surface area contributed by atoms with Gasteiger partial charge in [-0.2, -0.15) is 0 Å². The van der Waals surface area contributed by atoms with E-state index < -0.39 is 0 Å². The molecule has 28 heavy (non-hydrogen) atoms. The van der Waals surface area contributed by atoms with E-state index in [2.05, 4.69) is 57.9 Å². The summed E-state index contributed by atoms with van der Waals surface area (Å²) in [5, 5.41) is 9.02. The summed E-state index contributed by atoms with van der Waals surface area (Å²) in [6, 6.07) is 18.5. The van der Waals surface area contributed by atoms with Crippen molar-refractivity contribution in [2.75, 3.05) is 20.2 Å². The van der Waals surface area contributed by atoms with Gasteiger partial charge in [-0.25, -0.2) is 0 Å². The molecule has 0 amide bonds. The van der Waals surface area contributed by atoms with Crippen molar-refractivity contribution in [1.82, 2.24) is 15.6 Å². The highest BCUT2D eigenvalue weighted by molar-refractivity contribution is 14.0. The molecule has 0 bridgehead atoms. The smallest absolute Gasteiger partial charge is 0.191 e. The highest BCUT2D eigenvalue weighted by atomic mass is 127. The number of pyridine rings is 1. The number of hydrogen-bond acceptors (Lipinski definition) is 3. The van der Waals surface area contributed by atoms with Gasteiger partial charge in [-0.15, -0.1) is 24.0 Å². The topological polar surface area (TPSA) is 58.5 Å². The summed E-state index contributed by atoms with van der Waals surface area (Å²) in [6.45, 7) is 4.15. The molecular weight excluding hydrogens is 463 g/mol. The Hall–Kier alpha value is -2.35. The summed E-state index contributed by atoms with van der Waals surface area (Å²) in [6.07, 6.45) is 2.69. The maximum Gasteiger partial charge on any atom is 0.191 e. The van der Waals surface area contributed by atoms with E-state index in [9.17, 15) is 0 Å². The monoisotopic (exact) mass is 490 g/mol. The van der Waals surface area contributed by atoms with Crippen molar-refractivity contribution in [1.29, 1.82) is 0 Å². The lowest BCUT2D eigenvalue weighted by molar-refractivity contribution is 0.311. The Kier molecular flexibility index (Phi) is 9.00. The van der Waals surface area contributed by atoms with Gasteiger partial charge in [0.2, 0.25) is 0 Å². The number of nitrogens with one attached hydrogen (secondary N) is 2. The van der Waals surface area contributed by atoms with E-state index in [4.69, 9.17) is 4.74 Å². The molecule has 0 aliphatic carbocycles. The summed E-state index contributed by atoms with van der Waals surface area (Å²) >= 11 is 0. The van der Waals surface area contributed by atoms with Crippen LogP contribution in [0, 0.1) is 6.92 Å². The van der Waals surface area contributed by atoms with Gasteiger partial charge in [0.1, 0.15) is 5.75 Å². The van der Waals surface area contributed by atoms with Crippen molar-refractivity contribution in [2.24, 2.45) is 4.99 Å². The number of halogens is 1. The summed E-state index contributed by atoms with van der Waals surface area (Å²) in [7, 11) is 1.77. The molecule has 0 saturated carbocycles. The minimum absolute atomic E-state index is 0. The van der Waals surface area contributed by atoms with E-state index in [-0.39, 0.29) is 24.0 Å². The second-order valence-corrected chi connectivity index (χ2v) is 6.33. The molecule has 0 aliphatic heterocycles. The second-order valence-electron chi connectivity index (χ2n) is 6.33. The van der Waals surface area contributed by atoms with Gasteiger partial charge in [-0.1, -0.05) is 36.4 Å². The Bertz CT molecular complexity index is 914. The molecule has 0 saturated heterocycles. The summed E-state index contributed by atoms with van der Waals surface area (Å²) < 4.78 is 5.86. The van der Waals surface area contributed by atoms with Gasteiger partial charge in [-0.05, 0) is 47.9 Å². The number of fused-ring (bicyclic) bond motifs is 1. The van der Waals surface area contributed by atoms with Crippen molar-refractivity contribution in [3.63, 3.8) is 0 Å². The number of ether oxygens (including phenoxy) is 1. The predicted octanol–water partition coefficient (Wildman–Crippen LogP) is 4.30. The molecule has 2 aromatic carbocycles. The first-order valence-corrected chi connectivity index (χ1v) is 9.23. The number of aliphatic imine (C=N–C) groups is 1. The van der Waals surface area contributed by atoms with Crippen LogP contribution in [0.1, 0.15) is 17.7 Å². The maximum absolute atomic E-state index is 5.86. The van der Waals surface area contributed by atoms with Crippen LogP contribution in [-0.4, -0.2) is 31.1 Å². The Balaban J connectivity index is 0.00000280. The predicted molar refractivity (Wildman–Crippen MR) is 127 cm³/mol. The largest absolute Gasteiger partial charge is 0.494 e. The van der Waals surface area contributed by atoms with Gasteiger partial charge in [0, 0.05) is 19.8 Å². The van der Waals surface area contributed by atoms with E-state index in [1.54, 1.807) is 7.05 Å². The molecule has 2 N–H and O–H groups in total. The fourth-order valence-corrected chi connectivity index (χ4v) is 2.82. The number of aromatic nitrogens is 1. The molecule has 3 rings (SSSR count). The fraction of sp³-hybridized carbons (Fsp3) is 0.273. The molecule has 0 unspecified atom stereocenters. The average molecular weight is 490 g/mol. The number of rotatable bonds is 7. The first-order chi connectivity index (χ1) is 13.3. The summed E-state index contributed by atoms with van der Waals surface area (Å²) in [5.41, 5.74) is 2.20. The third kappa shape index (κ3) is 6.37. The van der Waals surface area contributed by atoms with Crippen LogP contribution in [0.15, 0.2) is 65.8 Å². The van der Waals surface area contributed by atoms with Crippen molar-refractivity contribution in [2.45, 2.75) is 19.9 Å². The molecule has 0 atom stereocenters. The van der Waals surface area contributed by atoms with Crippen LogP contribution in [0.5, 0.6) is 5.75 Å². The zero-order chi connectivity index (χ0) is 18.9. The van der Waals surface area contributed by atoms with Crippen LogP contribution in [-0.2, 0) is 6.54 Å². The lowest BCUT2D eigenvalue weighted by atomic mass is 10.1. The Morgan fingerprint density at radius 1 is 1.04 bits per heavy atom. The highest BCUT2D eigenvalue weighted by Gasteiger charge is 2.02. The molecule has 0 aliphatic rings. The van der Waals surface area contributed by atoms with Crippen LogP contribution in [0.2, 0.25) is 0 Å². The Labute approximate surface area is 183 Å². The third-order valence-corrected chi connectivity index (χ3v) is 4.37.